The zero-order valence-corrected chi connectivity index (χ0v) is 69.3. The van der Waals surface area contributed by atoms with Crippen molar-refractivity contribution in [3.63, 3.8) is 0 Å². The van der Waals surface area contributed by atoms with E-state index < -0.39 is 97.5 Å². The number of hydrogen-bond acceptors (Lipinski definition) is 15. The second kappa shape index (κ2) is 78.7. The summed E-state index contributed by atoms with van der Waals surface area (Å²) >= 11 is 0. The van der Waals surface area contributed by atoms with Gasteiger partial charge in [0.1, 0.15) is 19.3 Å². The van der Waals surface area contributed by atoms with Gasteiger partial charge in [-0.3, -0.25) is 37.3 Å². The van der Waals surface area contributed by atoms with E-state index in [4.69, 9.17) is 37.0 Å². The predicted octanol–water partition coefficient (Wildman–Crippen LogP) is 25.7. The van der Waals surface area contributed by atoms with Crippen LogP contribution in [-0.4, -0.2) is 96.7 Å². The monoisotopic (exact) mass is 1520 g/mol. The molecule has 0 bridgehead atoms. The molecule has 0 spiro atoms. The summed E-state index contributed by atoms with van der Waals surface area (Å²) in [5.74, 6) is -2.13. The van der Waals surface area contributed by atoms with Gasteiger partial charge in [-0.2, -0.15) is 0 Å². The van der Waals surface area contributed by atoms with Crippen molar-refractivity contribution in [2.75, 3.05) is 39.6 Å². The first-order valence-corrected chi connectivity index (χ1v) is 46.6. The average Bonchev–Trinajstić information content (AvgIpc) is 0.932. The number of aliphatic hydroxyl groups excluding tert-OH is 1. The molecule has 0 aromatic heterocycles. The molecule has 104 heavy (non-hydrogen) atoms. The minimum atomic E-state index is -4.97. The zero-order chi connectivity index (χ0) is 76.0. The number of hydrogen-bond donors (Lipinski definition) is 3. The number of unbranched alkanes of at least 4 members (excludes halogenated alkanes) is 55. The molecule has 0 heterocycles. The highest BCUT2D eigenvalue weighted by Crippen LogP contribution is 2.45. The van der Waals surface area contributed by atoms with Gasteiger partial charge in [-0.15, -0.1) is 0 Å². The van der Waals surface area contributed by atoms with E-state index in [9.17, 15) is 43.2 Å². The standard InChI is InChI=1S/C85H162O17P2/c1-5-9-13-17-21-25-28-31-34-36-38-39-41-43-46-49-52-56-60-64-68-72-85(90)102-81(76-96-83(88)70-66-62-58-54-50-47-45-42-40-37-35-32-29-26-22-18-14-10-6-2)78-100-104(93,94)98-74-79(86)73-97-103(91,92)99-77-80(75-95-82(87)69-65-61-57-53-24-20-16-12-8-4)101-84(89)71-67-63-59-55-51-48-44-33-30-27-23-19-15-11-7-3/h27,30,33,44,79-81,86H,5-26,28-29,31-32,34-43,45-78H2,1-4H3,(H,91,92)(H,93,94)/b30-27-,44-33-/t79-,80+,81+/m0/s1. The Kier molecular flexibility index (Phi) is 76.8. The minimum absolute atomic E-state index is 0.0857. The highest BCUT2D eigenvalue weighted by molar-refractivity contribution is 7.47. The second-order valence-electron chi connectivity index (χ2n) is 29.9. The van der Waals surface area contributed by atoms with E-state index in [0.717, 1.165) is 103 Å². The molecule has 0 radical (unpaired) electrons. The lowest BCUT2D eigenvalue weighted by atomic mass is 10.0. The molecule has 0 saturated carbocycles. The maximum Gasteiger partial charge on any atom is 0.472 e. The molecule has 614 valence electrons. The molecule has 0 aliphatic carbocycles. The van der Waals surface area contributed by atoms with Crippen LogP contribution in [-0.2, 0) is 65.4 Å². The number of carbonyl (C=O) groups excluding carboxylic acids is 4. The summed E-state index contributed by atoms with van der Waals surface area (Å²) in [5, 5.41) is 10.7. The molecule has 0 aliphatic heterocycles. The largest absolute Gasteiger partial charge is 0.472 e. The van der Waals surface area contributed by atoms with E-state index >= 15 is 0 Å². The molecule has 0 fully saturated rings. The predicted molar refractivity (Wildman–Crippen MR) is 428 cm³/mol. The molecule has 0 saturated heterocycles. The Morgan fingerprint density at radius 2 is 0.462 bits per heavy atom. The van der Waals surface area contributed by atoms with Gasteiger partial charge >= 0.3 is 39.5 Å². The van der Waals surface area contributed by atoms with Gasteiger partial charge < -0.3 is 33.8 Å². The van der Waals surface area contributed by atoms with Crippen LogP contribution in [0, 0.1) is 0 Å². The van der Waals surface area contributed by atoms with Crippen LogP contribution in [0.5, 0.6) is 0 Å². The fourth-order valence-electron chi connectivity index (χ4n) is 12.8. The molecule has 0 amide bonds. The van der Waals surface area contributed by atoms with Crippen LogP contribution >= 0.6 is 15.6 Å². The van der Waals surface area contributed by atoms with E-state index in [2.05, 4.69) is 52.0 Å². The third kappa shape index (κ3) is 77.7. The van der Waals surface area contributed by atoms with Crippen molar-refractivity contribution in [2.45, 2.75) is 457 Å². The normalized spacial score (nSPS) is 13.9. The van der Waals surface area contributed by atoms with Crippen molar-refractivity contribution in [1.82, 2.24) is 0 Å². The van der Waals surface area contributed by atoms with Crippen molar-refractivity contribution in [3.8, 4) is 0 Å². The van der Waals surface area contributed by atoms with Gasteiger partial charge in [-0.1, -0.05) is 386 Å². The smallest absolute Gasteiger partial charge is 0.462 e. The average molecular weight is 1520 g/mol. The summed E-state index contributed by atoms with van der Waals surface area (Å²) in [6.07, 6.45) is 75.9. The highest BCUT2D eigenvalue weighted by Gasteiger charge is 2.30. The molecule has 0 aromatic rings. The van der Waals surface area contributed by atoms with Gasteiger partial charge in [0.05, 0.1) is 26.4 Å². The molecule has 17 nitrogen and oxygen atoms in total. The fraction of sp³-hybridized carbons (Fsp3) is 0.906. The first kappa shape index (κ1) is 102. The number of aliphatic hydroxyl groups is 1. The van der Waals surface area contributed by atoms with Crippen LogP contribution in [0.1, 0.15) is 439 Å². The van der Waals surface area contributed by atoms with E-state index in [1.54, 1.807) is 0 Å². The molecular weight excluding hydrogens is 1350 g/mol. The van der Waals surface area contributed by atoms with E-state index in [1.165, 1.54) is 257 Å². The zero-order valence-electron chi connectivity index (χ0n) is 67.5. The maximum absolute atomic E-state index is 13.1. The quantitative estimate of drug-likeness (QED) is 0.0169. The number of allylic oxidation sites excluding steroid dienone is 4. The van der Waals surface area contributed by atoms with Crippen molar-refractivity contribution in [2.24, 2.45) is 0 Å². The Balaban J connectivity index is 5.23. The Bertz CT molecular complexity index is 2060. The van der Waals surface area contributed by atoms with Gasteiger partial charge in [0.25, 0.3) is 0 Å². The molecule has 19 heteroatoms. The Morgan fingerprint density at radius 1 is 0.269 bits per heavy atom. The molecule has 0 aliphatic rings. The third-order valence-electron chi connectivity index (χ3n) is 19.5. The molecule has 3 N–H and O–H groups in total. The molecule has 0 aromatic carbocycles. The summed E-state index contributed by atoms with van der Waals surface area (Å²) in [6, 6.07) is 0. The minimum Gasteiger partial charge on any atom is -0.462 e. The Labute approximate surface area is 637 Å². The SMILES string of the molecule is CCCCCC/C=C\C=C/CCCCCCCC(=O)O[C@H](COC(=O)CCCCCCCCCCC)COP(=O)(O)OC[C@H](O)COP(=O)(O)OC[C@@H](COC(=O)CCCCCCCCCCCCCCCCCCCCC)OC(=O)CCCCCCCCCCCCCCCCCCCCCCC. The lowest BCUT2D eigenvalue weighted by Crippen LogP contribution is -2.30. The van der Waals surface area contributed by atoms with Gasteiger partial charge in [0.2, 0.25) is 0 Å². The molecule has 2 unspecified atom stereocenters. The number of phosphoric acid groups is 2. The first-order chi connectivity index (χ1) is 50.7. The Hall–Kier alpha value is -2.46. The van der Waals surface area contributed by atoms with Crippen LogP contribution in [0.4, 0.5) is 0 Å². The summed E-state index contributed by atoms with van der Waals surface area (Å²) in [4.78, 5) is 73.1. The van der Waals surface area contributed by atoms with E-state index in [-0.39, 0.29) is 25.7 Å². The first-order valence-electron chi connectivity index (χ1n) is 43.6. The number of rotatable bonds is 84. The van der Waals surface area contributed by atoms with Crippen LogP contribution < -0.4 is 0 Å². The molecule has 0 rings (SSSR count). The van der Waals surface area contributed by atoms with Crippen LogP contribution in [0.3, 0.4) is 0 Å². The van der Waals surface area contributed by atoms with Crippen molar-refractivity contribution in [1.29, 1.82) is 0 Å². The second-order valence-corrected chi connectivity index (χ2v) is 32.8. The lowest BCUT2D eigenvalue weighted by Gasteiger charge is -2.21. The van der Waals surface area contributed by atoms with Crippen molar-refractivity contribution < 1.29 is 80.2 Å². The summed E-state index contributed by atoms with van der Waals surface area (Å²) in [5.41, 5.74) is 0. The van der Waals surface area contributed by atoms with E-state index in [1.807, 2.05) is 0 Å². The van der Waals surface area contributed by atoms with Crippen LogP contribution in [0.15, 0.2) is 24.3 Å². The molecule has 5 atom stereocenters. The third-order valence-corrected chi connectivity index (χ3v) is 21.4. The topological polar surface area (TPSA) is 237 Å². The number of ether oxygens (including phenoxy) is 4. The van der Waals surface area contributed by atoms with Crippen molar-refractivity contribution >= 4 is 39.5 Å². The van der Waals surface area contributed by atoms with Crippen LogP contribution in [0.2, 0.25) is 0 Å². The number of esters is 4. The summed E-state index contributed by atoms with van der Waals surface area (Å²) in [6.45, 7) is 4.96. The summed E-state index contributed by atoms with van der Waals surface area (Å²) < 4.78 is 68.7. The lowest BCUT2D eigenvalue weighted by molar-refractivity contribution is -0.161. The van der Waals surface area contributed by atoms with Crippen molar-refractivity contribution in [3.05, 3.63) is 24.3 Å². The van der Waals surface area contributed by atoms with E-state index in [0.29, 0.717) is 25.7 Å². The van der Waals surface area contributed by atoms with Gasteiger partial charge in [-0.05, 0) is 51.4 Å². The number of carbonyl (C=O) groups is 4. The van der Waals surface area contributed by atoms with Gasteiger partial charge in [0.15, 0.2) is 12.2 Å². The fourth-order valence-corrected chi connectivity index (χ4v) is 14.4. The summed E-state index contributed by atoms with van der Waals surface area (Å²) in [7, 11) is -9.93. The Morgan fingerprint density at radius 3 is 0.702 bits per heavy atom. The number of phosphoric ester groups is 2. The van der Waals surface area contributed by atoms with Gasteiger partial charge in [0, 0.05) is 25.7 Å². The van der Waals surface area contributed by atoms with Crippen LogP contribution in [0.25, 0.3) is 0 Å². The van der Waals surface area contributed by atoms with Gasteiger partial charge in [-0.25, -0.2) is 9.13 Å². The molecular formula is C85H162O17P2. The maximum atomic E-state index is 13.1. The highest BCUT2D eigenvalue weighted by atomic mass is 31.2.